The van der Waals surface area contributed by atoms with Crippen LogP contribution in [-0.2, 0) is 22.4 Å². The number of nitrogens with one attached hydrogen (secondary N) is 1. The molecule has 1 saturated heterocycles. The van der Waals surface area contributed by atoms with Crippen molar-refractivity contribution in [3.05, 3.63) is 40.6 Å². The third kappa shape index (κ3) is 8.07. The molecule has 0 bridgehead atoms. The van der Waals surface area contributed by atoms with Crippen molar-refractivity contribution in [1.82, 2.24) is 14.9 Å². The molecule has 1 aromatic carbocycles. The van der Waals surface area contributed by atoms with Gasteiger partial charge in [0.05, 0.1) is 13.0 Å². The molecule has 35 heavy (non-hydrogen) atoms. The number of aromatic nitrogens is 2. The Morgan fingerprint density at radius 3 is 2.74 bits per heavy atom. The molecule has 3 rings (SSSR count). The maximum absolute atomic E-state index is 12.3. The second kappa shape index (κ2) is 12.7. The molecule has 0 spiro atoms. The molecular weight excluding hydrogens is 446 g/mol. The molecule has 192 valence electrons. The number of nitrogen functional groups attached to an aromatic ring is 1. The Labute approximate surface area is 207 Å². The van der Waals surface area contributed by atoms with Crippen LogP contribution < -0.4 is 11.1 Å². The SMILES string of the molecule is Cc1nc(N)nc(N[C@@H](C)CCCO)c1Cc1ccc(CC(=O)OCC2CCN(C)CC2)cc1O. The van der Waals surface area contributed by atoms with Crippen molar-refractivity contribution in [2.45, 2.75) is 58.4 Å². The molecule has 2 aromatic rings. The Balaban J connectivity index is 1.63. The Hall–Kier alpha value is -2.91. The number of phenolic OH excluding ortho intramolecular Hbond substituents is 1. The molecule has 5 N–H and O–H groups in total. The van der Waals surface area contributed by atoms with Gasteiger partial charge in [0.15, 0.2) is 0 Å². The normalized spacial score (nSPS) is 15.7. The summed E-state index contributed by atoms with van der Waals surface area (Å²) >= 11 is 0. The second-order valence-corrected chi connectivity index (χ2v) is 9.65. The molecule has 1 atom stereocenters. The average molecular weight is 486 g/mol. The number of phenols is 1. The number of ether oxygens (including phenoxy) is 1. The van der Waals surface area contributed by atoms with Gasteiger partial charge in [0.1, 0.15) is 11.6 Å². The summed E-state index contributed by atoms with van der Waals surface area (Å²) in [7, 11) is 2.11. The largest absolute Gasteiger partial charge is 0.508 e. The van der Waals surface area contributed by atoms with Gasteiger partial charge in [0.25, 0.3) is 0 Å². The summed E-state index contributed by atoms with van der Waals surface area (Å²) in [6.07, 6.45) is 4.10. The highest BCUT2D eigenvalue weighted by molar-refractivity contribution is 5.72. The zero-order valence-corrected chi connectivity index (χ0v) is 21.1. The highest BCUT2D eigenvalue weighted by atomic mass is 16.5. The minimum Gasteiger partial charge on any atom is -0.508 e. The van der Waals surface area contributed by atoms with Crippen molar-refractivity contribution in [3.63, 3.8) is 0 Å². The van der Waals surface area contributed by atoms with Crippen molar-refractivity contribution < 1.29 is 19.7 Å². The van der Waals surface area contributed by atoms with E-state index in [0.717, 1.165) is 43.6 Å². The molecule has 9 heteroatoms. The van der Waals surface area contributed by atoms with Gasteiger partial charge in [-0.25, -0.2) is 4.98 Å². The molecule has 1 fully saturated rings. The van der Waals surface area contributed by atoms with Gasteiger partial charge < -0.3 is 30.9 Å². The lowest BCUT2D eigenvalue weighted by Crippen LogP contribution is -2.32. The smallest absolute Gasteiger partial charge is 0.310 e. The van der Waals surface area contributed by atoms with Crippen LogP contribution in [0.2, 0.25) is 0 Å². The van der Waals surface area contributed by atoms with E-state index in [1.165, 1.54) is 0 Å². The molecule has 1 aromatic heterocycles. The number of nitrogens with two attached hydrogens (primary N) is 1. The van der Waals surface area contributed by atoms with E-state index in [4.69, 9.17) is 15.6 Å². The lowest BCUT2D eigenvalue weighted by atomic mass is 9.98. The monoisotopic (exact) mass is 485 g/mol. The fourth-order valence-electron chi connectivity index (χ4n) is 4.37. The molecule has 9 nitrogen and oxygen atoms in total. The van der Waals surface area contributed by atoms with Crippen LogP contribution in [0.25, 0.3) is 0 Å². The molecule has 0 unspecified atom stereocenters. The second-order valence-electron chi connectivity index (χ2n) is 9.65. The molecule has 0 saturated carbocycles. The summed E-state index contributed by atoms with van der Waals surface area (Å²) in [6.45, 7) is 6.55. The number of carbonyl (C=O) groups is 1. The summed E-state index contributed by atoms with van der Waals surface area (Å²) in [6, 6.07) is 5.38. The zero-order valence-electron chi connectivity index (χ0n) is 21.1. The molecule has 1 aliphatic heterocycles. The van der Waals surface area contributed by atoms with Crippen LogP contribution in [0.15, 0.2) is 18.2 Å². The first-order valence-corrected chi connectivity index (χ1v) is 12.4. The standard InChI is InChI=1S/C26H39N5O4/c1-17(5-4-12-32)28-25-22(18(2)29-26(27)30-25)15-21-7-6-20(13-23(21)33)14-24(34)35-16-19-8-10-31(3)11-9-19/h6-7,13,17,19,32-33H,4-5,8-12,14-16H2,1-3H3,(H3,27,28,29,30)/t17-/m0/s1. The quantitative estimate of drug-likeness (QED) is 0.354. The minimum absolute atomic E-state index is 0.0890. The van der Waals surface area contributed by atoms with Gasteiger partial charge in [-0.1, -0.05) is 12.1 Å². The first-order valence-electron chi connectivity index (χ1n) is 12.4. The fourth-order valence-corrected chi connectivity index (χ4v) is 4.37. The van der Waals surface area contributed by atoms with Crippen LogP contribution in [0.4, 0.5) is 11.8 Å². The van der Waals surface area contributed by atoms with Gasteiger partial charge in [0, 0.05) is 30.3 Å². The Kier molecular flexibility index (Phi) is 9.68. The molecule has 2 heterocycles. The summed E-state index contributed by atoms with van der Waals surface area (Å²) in [5.74, 6) is 1.07. The highest BCUT2D eigenvalue weighted by Gasteiger charge is 2.19. The van der Waals surface area contributed by atoms with Gasteiger partial charge in [0.2, 0.25) is 5.95 Å². The van der Waals surface area contributed by atoms with Crippen LogP contribution in [-0.4, -0.2) is 70.4 Å². The van der Waals surface area contributed by atoms with E-state index < -0.39 is 0 Å². The van der Waals surface area contributed by atoms with Gasteiger partial charge >= 0.3 is 5.97 Å². The average Bonchev–Trinajstić information content (AvgIpc) is 2.80. The topological polar surface area (TPSA) is 134 Å². The van der Waals surface area contributed by atoms with E-state index in [9.17, 15) is 9.90 Å². The van der Waals surface area contributed by atoms with Gasteiger partial charge in [-0.3, -0.25) is 4.79 Å². The van der Waals surface area contributed by atoms with Crippen molar-refractivity contribution in [1.29, 1.82) is 0 Å². The van der Waals surface area contributed by atoms with Crippen molar-refractivity contribution in [2.24, 2.45) is 5.92 Å². The third-order valence-corrected chi connectivity index (χ3v) is 6.59. The zero-order chi connectivity index (χ0) is 25.4. The number of esters is 1. The van der Waals surface area contributed by atoms with Crippen LogP contribution >= 0.6 is 0 Å². The first-order chi connectivity index (χ1) is 16.7. The number of aliphatic hydroxyl groups is 1. The Morgan fingerprint density at radius 1 is 1.31 bits per heavy atom. The highest BCUT2D eigenvalue weighted by Crippen LogP contribution is 2.28. The molecule has 0 radical (unpaired) electrons. The summed E-state index contributed by atoms with van der Waals surface area (Å²) in [5.41, 5.74) is 8.86. The minimum atomic E-state index is -0.276. The number of piperidine rings is 1. The van der Waals surface area contributed by atoms with Crippen molar-refractivity contribution in [3.8, 4) is 5.75 Å². The van der Waals surface area contributed by atoms with E-state index in [1.807, 2.05) is 26.0 Å². The summed E-state index contributed by atoms with van der Waals surface area (Å²) < 4.78 is 5.50. The maximum atomic E-state index is 12.3. The van der Waals surface area contributed by atoms with Crippen LogP contribution in [0.1, 0.15) is 55.0 Å². The van der Waals surface area contributed by atoms with Gasteiger partial charge in [-0.05, 0) is 82.8 Å². The number of likely N-dealkylation sites (tertiary alicyclic amines) is 1. The number of aliphatic hydroxyl groups excluding tert-OH is 1. The number of benzene rings is 1. The molecule has 0 amide bonds. The summed E-state index contributed by atoms with van der Waals surface area (Å²) in [5, 5.41) is 23.1. The predicted molar refractivity (Wildman–Crippen MR) is 136 cm³/mol. The van der Waals surface area contributed by atoms with E-state index in [0.29, 0.717) is 42.3 Å². The van der Waals surface area contributed by atoms with Crippen LogP contribution in [0.3, 0.4) is 0 Å². The van der Waals surface area contributed by atoms with E-state index >= 15 is 0 Å². The third-order valence-electron chi connectivity index (χ3n) is 6.59. The van der Waals surface area contributed by atoms with E-state index in [2.05, 4.69) is 27.2 Å². The lowest BCUT2D eigenvalue weighted by molar-refractivity contribution is -0.144. The van der Waals surface area contributed by atoms with Gasteiger partial charge in [-0.2, -0.15) is 4.98 Å². The number of carbonyl (C=O) groups excluding carboxylic acids is 1. The van der Waals surface area contributed by atoms with E-state index in [-0.39, 0.29) is 36.7 Å². The number of aromatic hydroxyl groups is 1. The first kappa shape index (κ1) is 26.7. The lowest BCUT2D eigenvalue weighted by Gasteiger charge is -2.28. The Morgan fingerprint density at radius 2 is 2.06 bits per heavy atom. The van der Waals surface area contributed by atoms with Crippen LogP contribution in [0.5, 0.6) is 5.75 Å². The number of aryl methyl sites for hydroxylation is 1. The number of anilines is 2. The maximum Gasteiger partial charge on any atom is 0.310 e. The molecule has 0 aliphatic carbocycles. The van der Waals surface area contributed by atoms with E-state index in [1.54, 1.807) is 6.07 Å². The number of rotatable bonds is 11. The summed E-state index contributed by atoms with van der Waals surface area (Å²) in [4.78, 5) is 23.3. The number of hydrogen-bond acceptors (Lipinski definition) is 9. The van der Waals surface area contributed by atoms with Gasteiger partial charge in [-0.15, -0.1) is 0 Å². The van der Waals surface area contributed by atoms with Crippen molar-refractivity contribution in [2.75, 3.05) is 44.4 Å². The van der Waals surface area contributed by atoms with Crippen molar-refractivity contribution >= 4 is 17.7 Å². The molecular formula is C26H39N5O4. The van der Waals surface area contributed by atoms with Crippen LogP contribution in [0, 0.1) is 12.8 Å². The fraction of sp³-hybridized carbons (Fsp3) is 0.577. The molecule has 1 aliphatic rings. The predicted octanol–water partition coefficient (Wildman–Crippen LogP) is 2.66. The number of hydrogen-bond donors (Lipinski definition) is 4. The Bertz CT molecular complexity index is 992. The number of nitrogens with zero attached hydrogens (tertiary/aromatic N) is 3.